The third-order valence-electron chi connectivity index (χ3n) is 3.12. The number of aliphatic hydroxyl groups is 1. The number of aliphatic hydroxyl groups excluding tert-OH is 1. The number of hydrogen-bond donors (Lipinski definition) is 1. The van der Waals surface area contributed by atoms with Crippen LogP contribution in [0.2, 0.25) is 0 Å². The molecular formula is C13H17FO2. The Morgan fingerprint density at radius 2 is 2.12 bits per heavy atom. The van der Waals surface area contributed by atoms with Crippen LogP contribution in [-0.4, -0.2) is 23.5 Å². The van der Waals surface area contributed by atoms with Crippen molar-refractivity contribution < 1.29 is 14.2 Å². The summed E-state index contributed by atoms with van der Waals surface area (Å²) in [5.41, 5.74) is -0.506. The van der Waals surface area contributed by atoms with Gasteiger partial charge in [-0.3, -0.25) is 0 Å². The summed E-state index contributed by atoms with van der Waals surface area (Å²) in [7, 11) is 0. The van der Waals surface area contributed by atoms with Gasteiger partial charge in [0.15, 0.2) is 5.67 Å². The summed E-state index contributed by atoms with van der Waals surface area (Å²) in [5, 5.41) is 9.49. The van der Waals surface area contributed by atoms with Gasteiger partial charge in [0.05, 0.1) is 19.3 Å². The van der Waals surface area contributed by atoms with E-state index in [0.717, 1.165) is 12.0 Å². The molecule has 0 bridgehead atoms. The van der Waals surface area contributed by atoms with Gasteiger partial charge >= 0.3 is 0 Å². The van der Waals surface area contributed by atoms with Crippen LogP contribution in [0.15, 0.2) is 30.3 Å². The monoisotopic (exact) mass is 224 g/mol. The molecule has 2 nitrogen and oxygen atoms in total. The Kier molecular flexibility index (Phi) is 3.56. The average Bonchev–Trinajstić information content (AvgIpc) is 2.61. The first-order chi connectivity index (χ1) is 7.71. The number of hydrogen-bond acceptors (Lipinski definition) is 2. The zero-order valence-corrected chi connectivity index (χ0v) is 9.23. The maximum Gasteiger partial charge on any atom is 0.159 e. The maximum atomic E-state index is 14.0. The van der Waals surface area contributed by atoms with E-state index in [2.05, 4.69) is 0 Å². The largest absolute Gasteiger partial charge is 0.390 e. The third-order valence-corrected chi connectivity index (χ3v) is 3.12. The van der Waals surface area contributed by atoms with Gasteiger partial charge in [0.25, 0.3) is 0 Å². The molecule has 0 aromatic heterocycles. The van der Waals surface area contributed by atoms with Crippen LogP contribution >= 0.6 is 0 Å². The zero-order valence-electron chi connectivity index (χ0n) is 9.23. The molecule has 2 rings (SSSR count). The molecule has 16 heavy (non-hydrogen) atoms. The molecule has 1 fully saturated rings. The van der Waals surface area contributed by atoms with Crippen LogP contribution in [-0.2, 0) is 11.3 Å². The molecule has 0 unspecified atom stereocenters. The van der Waals surface area contributed by atoms with Gasteiger partial charge in [0.1, 0.15) is 0 Å². The summed E-state index contributed by atoms with van der Waals surface area (Å²) in [5.74, 6) is 0. The van der Waals surface area contributed by atoms with Crippen LogP contribution in [0.1, 0.15) is 24.8 Å². The smallest absolute Gasteiger partial charge is 0.159 e. The van der Waals surface area contributed by atoms with Gasteiger partial charge in [-0.15, -0.1) is 0 Å². The normalized spacial score (nSPS) is 29.5. The first-order valence-electron chi connectivity index (χ1n) is 5.69. The highest BCUT2D eigenvalue weighted by Gasteiger charge is 2.42. The van der Waals surface area contributed by atoms with Crippen LogP contribution in [0.5, 0.6) is 0 Å². The molecule has 1 aromatic rings. The summed E-state index contributed by atoms with van der Waals surface area (Å²) in [6.07, 6.45) is 0.837. The summed E-state index contributed by atoms with van der Waals surface area (Å²) >= 11 is 0. The minimum Gasteiger partial charge on any atom is -0.390 e. The Hall–Kier alpha value is -0.930. The van der Waals surface area contributed by atoms with Crippen LogP contribution in [0.4, 0.5) is 4.39 Å². The van der Waals surface area contributed by atoms with Crippen molar-refractivity contribution in [2.45, 2.75) is 37.6 Å². The van der Waals surface area contributed by atoms with Crippen molar-refractivity contribution in [3.8, 4) is 0 Å². The first kappa shape index (κ1) is 11.6. The predicted molar refractivity (Wildman–Crippen MR) is 59.8 cm³/mol. The van der Waals surface area contributed by atoms with Crippen molar-refractivity contribution >= 4 is 0 Å². The van der Waals surface area contributed by atoms with E-state index in [0.29, 0.717) is 19.4 Å². The van der Waals surface area contributed by atoms with Gasteiger partial charge in [-0.05, 0) is 24.8 Å². The van der Waals surface area contributed by atoms with Crippen molar-refractivity contribution in [2.24, 2.45) is 0 Å². The van der Waals surface area contributed by atoms with E-state index in [4.69, 9.17) is 4.74 Å². The molecule has 1 aliphatic carbocycles. The Balaban J connectivity index is 1.80. The van der Waals surface area contributed by atoms with Crippen LogP contribution in [0.3, 0.4) is 0 Å². The lowest BCUT2D eigenvalue weighted by Crippen LogP contribution is -2.37. The summed E-state index contributed by atoms with van der Waals surface area (Å²) < 4.78 is 19.4. The molecule has 88 valence electrons. The molecule has 1 aliphatic rings. The lowest BCUT2D eigenvalue weighted by molar-refractivity contribution is -0.0540. The van der Waals surface area contributed by atoms with Gasteiger partial charge in [-0.25, -0.2) is 4.39 Å². The molecular weight excluding hydrogens is 207 g/mol. The Labute approximate surface area is 95.1 Å². The van der Waals surface area contributed by atoms with E-state index < -0.39 is 11.8 Å². The number of alkyl halides is 1. The molecule has 1 aromatic carbocycles. The summed E-state index contributed by atoms with van der Waals surface area (Å²) in [4.78, 5) is 0. The van der Waals surface area contributed by atoms with E-state index in [1.54, 1.807) is 0 Å². The molecule has 0 spiro atoms. The van der Waals surface area contributed by atoms with E-state index in [1.807, 2.05) is 30.3 Å². The standard InChI is InChI=1S/C13H17FO2/c14-13(8-4-7-12(13)15)10-16-9-11-5-2-1-3-6-11/h1-3,5-6,12,15H,4,7-10H2/t12-,13-/m0/s1. The minimum absolute atomic E-state index is 0.0109. The van der Waals surface area contributed by atoms with Crippen molar-refractivity contribution in [1.82, 2.24) is 0 Å². The minimum atomic E-state index is -1.53. The van der Waals surface area contributed by atoms with Crippen LogP contribution in [0, 0.1) is 0 Å². The quantitative estimate of drug-likeness (QED) is 0.851. The zero-order chi connectivity index (χ0) is 11.4. The lowest BCUT2D eigenvalue weighted by Gasteiger charge is -2.23. The third kappa shape index (κ3) is 2.60. The molecule has 0 radical (unpaired) electrons. The maximum absolute atomic E-state index is 14.0. The van der Waals surface area contributed by atoms with Crippen LogP contribution in [0.25, 0.3) is 0 Å². The van der Waals surface area contributed by atoms with Gasteiger partial charge in [-0.1, -0.05) is 30.3 Å². The molecule has 0 amide bonds. The molecule has 1 N–H and O–H groups in total. The highest BCUT2D eigenvalue weighted by atomic mass is 19.1. The summed E-state index contributed by atoms with van der Waals surface area (Å²) in [6.45, 7) is 0.391. The second-order valence-electron chi connectivity index (χ2n) is 4.42. The molecule has 1 saturated carbocycles. The van der Waals surface area contributed by atoms with E-state index >= 15 is 0 Å². The highest BCUT2D eigenvalue weighted by molar-refractivity contribution is 5.13. The van der Waals surface area contributed by atoms with Gasteiger partial charge in [0, 0.05) is 0 Å². The lowest BCUT2D eigenvalue weighted by atomic mass is 10.0. The molecule has 2 atom stereocenters. The number of benzene rings is 1. The fourth-order valence-electron chi connectivity index (χ4n) is 2.10. The highest BCUT2D eigenvalue weighted by Crippen LogP contribution is 2.34. The molecule has 0 heterocycles. The van der Waals surface area contributed by atoms with Gasteiger partial charge in [0.2, 0.25) is 0 Å². The van der Waals surface area contributed by atoms with E-state index in [9.17, 15) is 9.50 Å². The fourth-order valence-corrected chi connectivity index (χ4v) is 2.10. The van der Waals surface area contributed by atoms with Crippen molar-refractivity contribution in [3.63, 3.8) is 0 Å². The Bertz CT molecular complexity index is 328. The molecule has 3 heteroatoms. The summed E-state index contributed by atoms with van der Waals surface area (Å²) in [6, 6.07) is 9.66. The molecule has 0 saturated heterocycles. The predicted octanol–water partition coefficient (Wildman–Crippen LogP) is 2.46. The SMILES string of the molecule is O[C@H]1CCC[C@]1(F)COCc1ccccc1. The second kappa shape index (κ2) is 4.93. The fraction of sp³-hybridized carbons (Fsp3) is 0.538. The number of rotatable bonds is 4. The van der Waals surface area contributed by atoms with Crippen molar-refractivity contribution in [2.75, 3.05) is 6.61 Å². The van der Waals surface area contributed by atoms with Gasteiger partial charge < -0.3 is 9.84 Å². The van der Waals surface area contributed by atoms with Crippen molar-refractivity contribution in [3.05, 3.63) is 35.9 Å². The first-order valence-corrected chi connectivity index (χ1v) is 5.69. The van der Waals surface area contributed by atoms with E-state index in [-0.39, 0.29) is 6.61 Å². The van der Waals surface area contributed by atoms with Crippen molar-refractivity contribution in [1.29, 1.82) is 0 Å². The topological polar surface area (TPSA) is 29.5 Å². The molecule has 0 aliphatic heterocycles. The van der Waals surface area contributed by atoms with Gasteiger partial charge in [-0.2, -0.15) is 0 Å². The number of ether oxygens (including phenoxy) is 1. The van der Waals surface area contributed by atoms with Crippen LogP contribution < -0.4 is 0 Å². The van der Waals surface area contributed by atoms with E-state index in [1.165, 1.54) is 0 Å². The Morgan fingerprint density at radius 1 is 1.38 bits per heavy atom. The average molecular weight is 224 g/mol. The number of halogens is 1. The Morgan fingerprint density at radius 3 is 2.75 bits per heavy atom. The second-order valence-corrected chi connectivity index (χ2v) is 4.42.